The molecular formula is C14H20ClN3O2S. The highest BCUT2D eigenvalue weighted by atomic mass is 35.5. The molecular weight excluding hydrogens is 310 g/mol. The second kappa shape index (κ2) is 5.43. The van der Waals surface area contributed by atoms with Crippen LogP contribution in [0.5, 0.6) is 0 Å². The van der Waals surface area contributed by atoms with Crippen LogP contribution in [-0.2, 0) is 10.0 Å². The molecule has 1 aromatic rings. The third kappa shape index (κ3) is 2.65. The van der Waals surface area contributed by atoms with Crippen LogP contribution in [0.1, 0.15) is 19.8 Å². The summed E-state index contributed by atoms with van der Waals surface area (Å²) in [7, 11) is -3.57. The van der Waals surface area contributed by atoms with Crippen molar-refractivity contribution in [1.29, 1.82) is 0 Å². The fourth-order valence-electron chi connectivity index (χ4n) is 3.38. The van der Waals surface area contributed by atoms with Gasteiger partial charge >= 0.3 is 0 Å². The number of hydrogen-bond donors (Lipinski definition) is 1. The van der Waals surface area contributed by atoms with Gasteiger partial charge in [-0.25, -0.2) is 8.42 Å². The summed E-state index contributed by atoms with van der Waals surface area (Å²) < 4.78 is 27.4. The second-order valence-electron chi connectivity index (χ2n) is 5.90. The van der Waals surface area contributed by atoms with Crippen LogP contribution in [-0.4, -0.2) is 49.3 Å². The van der Waals surface area contributed by atoms with Gasteiger partial charge in [0.1, 0.15) is 4.90 Å². The van der Waals surface area contributed by atoms with Gasteiger partial charge in [0.2, 0.25) is 10.0 Å². The van der Waals surface area contributed by atoms with Crippen LogP contribution in [0.15, 0.2) is 23.1 Å². The van der Waals surface area contributed by atoms with Gasteiger partial charge in [-0.15, -0.1) is 0 Å². The standard InChI is InChI=1S/C14H20ClN3O2S/c1-10-8-17-6-2-3-12(17)9-18(10)21(19,20)14-5-4-11(15)7-13(14)16/h4-5,7,10,12H,2-3,6,8-9,16H2,1H3. The summed E-state index contributed by atoms with van der Waals surface area (Å²) in [4.78, 5) is 2.55. The predicted octanol–water partition coefficient (Wildman–Crippen LogP) is 1.78. The zero-order valence-corrected chi connectivity index (χ0v) is 13.6. The van der Waals surface area contributed by atoms with E-state index in [1.54, 1.807) is 10.4 Å². The predicted molar refractivity (Wildman–Crippen MR) is 83.8 cm³/mol. The van der Waals surface area contributed by atoms with Crippen molar-refractivity contribution in [3.63, 3.8) is 0 Å². The van der Waals surface area contributed by atoms with Gasteiger partial charge in [-0.2, -0.15) is 4.31 Å². The van der Waals surface area contributed by atoms with Gasteiger partial charge in [0.05, 0.1) is 5.69 Å². The van der Waals surface area contributed by atoms with E-state index < -0.39 is 10.0 Å². The summed E-state index contributed by atoms with van der Waals surface area (Å²) in [6.07, 6.45) is 2.21. The maximum atomic E-state index is 12.9. The second-order valence-corrected chi connectivity index (χ2v) is 8.19. The minimum atomic E-state index is -3.57. The number of nitrogen functional groups attached to an aromatic ring is 1. The van der Waals surface area contributed by atoms with Crippen molar-refractivity contribution in [2.45, 2.75) is 36.7 Å². The fraction of sp³-hybridized carbons (Fsp3) is 0.571. The van der Waals surface area contributed by atoms with E-state index in [1.165, 1.54) is 12.1 Å². The number of nitrogens with zero attached hydrogens (tertiary/aromatic N) is 2. The molecule has 2 atom stereocenters. The van der Waals surface area contributed by atoms with Gasteiger partial charge in [0.25, 0.3) is 0 Å². The summed E-state index contributed by atoms with van der Waals surface area (Å²) in [5, 5.41) is 0.445. The summed E-state index contributed by atoms with van der Waals surface area (Å²) in [5.74, 6) is 0. The topological polar surface area (TPSA) is 66.6 Å². The first kappa shape index (κ1) is 15.1. The van der Waals surface area contributed by atoms with Crippen molar-refractivity contribution in [3.05, 3.63) is 23.2 Å². The van der Waals surface area contributed by atoms with E-state index in [1.807, 2.05) is 6.92 Å². The normalized spacial score (nSPS) is 27.7. The number of nitrogens with two attached hydrogens (primary N) is 1. The van der Waals surface area contributed by atoms with Gasteiger partial charge in [-0.1, -0.05) is 11.6 Å². The molecule has 2 heterocycles. The Balaban J connectivity index is 1.93. The zero-order valence-electron chi connectivity index (χ0n) is 12.0. The number of anilines is 1. The summed E-state index contributed by atoms with van der Waals surface area (Å²) in [5.41, 5.74) is 6.08. The van der Waals surface area contributed by atoms with E-state index in [0.717, 1.165) is 25.9 Å². The lowest BCUT2D eigenvalue weighted by molar-refractivity contribution is 0.117. The van der Waals surface area contributed by atoms with E-state index in [4.69, 9.17) is 17.3 Å². The summed E-state index contributed by atoms with van der Waals surface area (Å²) in [6, 6.07) is 4.86. The van der Waals surface area contributed by atoms with Crippen LogP contribution in [0.3, 0.4) is 0 Å². The minimum absolute atomic E-state index is 0.0422. The van der Waals surface area contributed by atoms with Crippen molar-refractivity contribution in [2.24, 2.45) is 0 Å². The lowest BCUT2D eigenvalue weighted by atomic mass is 10.1. The molecule has 5 nitrogen and oxygen atoms in total. The van der Waals surface area contributed by atoms with Crippen LogP contribution in [0.2, 0.25) is 5.02 Å². The van der Waals surface area contributed by atoms with Gasteiger partial charge in [-0.05, 0) is 44.5 Å². The Hall–Kier alpha value is -0.820. The first-order valence-electron chi connectivity index (χ1n) is 7.20. The van der Waals surface area contributed by atoms with Crippen molar-refractivity contribution in [2.75, 3.05) is 25.4 Å². The van der Waals surface area contributed by atoms with E-state index in [-0.39, 0.29) is 16.6 Å². The Kier molecular flexibility index (Phi) is 3.90. The van der Waals surface area contributed by atoms with Crippen molar-refractivity contribution < 1.29 is 8.42 Å². The Bertz CT molecular complexity index is 650. The largest absolute Gasteiger partial charge is 0.398 e. The smallest absolute Gasteiger partial charge is 0.245 e. The molecule has 1 aromatic carbocycles. The van der Waals surface area contributed by atoms with Crippen LogP contribution in [0.25, 0.3) is 0 Å². The van der Waals surface area contributed by atoms with Crippen molar-refractivity contribution in [1.82, 2.24) is 9.21 Å². The number of rotatable bonds is 2. The number of fused-ring (bicyclic) bond motifs is 1. The van der Waals surface area contributed by atoms with E-state index in [2.05, 4.69) is 4.90 Å². The average Bonchev–Trinajstić information content (AvgIpc) is 2.84. The Morgan fingerprint density at radius 3 is 2.81 bits per heavy atom. The first-order chi connectivity index (χ1) is 9.89. The number of hydrogen-bond acceptors (Lipinski definition) is 4. The molecule has 0 amide bonds. The Labute approximate surface area is 130 Å². The third-order valence-electron chi connectivity index (χ3n) is 4.44. The number of benzene rings is 1. The van der Waals surface area contributed by atoms with Crippen LogP contribution in [0.4, 0.5) is 5.69 Å². The number of sulfonamides is 1. The maximum Gasteiger partial charge on any atom is 0.245 e. The summed E-state index contributed by atoms with van der Waals surface area (Å²) in [6.45, 7) is 4.37. The van der Waals surface area contributed by atoms with Crippen molar-refractivity contribution >= 4 is 27.3 Å². The monoisotopic (exact) mass is 329 g/mol. The molecule has 116 valence electrons. The van der Waals surface area contributed by atoms with Crippen molar-refractivity contribution in [3.8, 4) is 0 Å². The van der Waals surface area contributed by atoms with Crippen LogP contribution >= 0.6 is 11.6 Å². The maximum absolute atomic E-state index is 12.9. The molecule has 0 bridgehead atoms. The molecule has 0 aromatic heterocycles. The molecule has 2 unspecified atom stereocenters. The lowest BCUT2D eigenvalue weighted by Crippen LogP contribution is -2.56. The molecule has 0 spiro atoms. The summed E-state index contributed by atoms with van der Waals surface area (Å²) >= 11 is 5.86. The lowest BCUT2D eigenvalue weighted by Gasteiger charge is -2.41. The molecule has 0 saturated carbocycles. The van der Waals surface area contributed by atoms with Crippen LogP contribution in [0, 0.1) is 0 Å². The highest BCUT2D eigenvalue weighted by molar-refractivity contribution is 7.89. The molecule has 7 heteroatoms. The molecule has 2 aliphatic heterocycles. The molecule has 0 aliphatic carbocycles. The highest BCUT2D eigenvalue weighted by Crippen LogP contribution is 2.31. The van der Waals surface area contributed by atoms with Gasteiger partial charge in [0, 0.05) is 30.2 Å². The van der Waals surface area contributed by atoms with Gasteiger partial charge in [0.15, 0.2) is 0 Å². The molecule has 2 saturated heterocycles. The molecule has 2 N–H and O–H groups in total. The molecule has 0 radical (unpaired) electrons. The highest BCUT2D eigenvalue weighted by Gasteiger charge is 2.40. The molecule has 2 fully saturated rings. The van der Waals surface area contributed by atoms with E-state index in [9.17, 15) is 8.42 Å². The molecule has 3 rings (SSSR count). The Morgan fingerprint density at radius 1 is 1.33 bits per heavy atom. The molecule has 2 aliphatic rings. The number of halogens is 1. The zero-order chi connectivity index (χ0) is 15.2. The SMILES string of the molecule is CC1CN2CCCC2CN1S(=O)(=O)c1ccc(Cl)cc1N. The van der Waals surface area contributed by atoms with E-state index >= 15 is 0 Å². The quantitative estimate of drug-likeness (QED) is 0.840. The third-order valence-corrected chi connectivity index (χ3v) is 6.73. The fourth-order valence-corrected chi connectivity index (χ4v) is 5.31. The van der Waals surface area contributed by atoms with Gasteiger partial charge < -0.3 is 5.73 Å². The van der Waals surface area contributed by atoms with E-state index in [0.29, 0.717) is 17.6 Å². The van der Waals surface area contributed by atoms with Crippen LogP contribution < -0.4 is 5.73 Å². The first-order valence-corrected chi connectivity index (χ1v) is 9.02. The number of piperazine rings is 1. The minimum Gasteiger partial charge on any atom is -0.398 e. The van der Waals surface area contributed by atoms with Gasteiger partial charge in [-0.3, -0.25) is 4.90 Å². The Morgan fingerprint density at radius 2 is 2.10 bits per heavy atom. The molecule has 21 heavy (non-hydrogen) atoms. The average molecular weight is 330 g/mol.